The second-order valence-corrected chi connectivity index (χ2v) is 8.96. The maximum Gasteiger partial charge on any atom is 0.258 e. The van der Waals surface area contributed by atoms with Gasteiger partial charge in [0.2, 0.25) is 10.0 Å². The molecule has 1 N–H and O–H groups in total. The van der Waals surface area contributed by atoms with E-state index < -0.39 is 10.0 Å². The molecular weight excluding hydrogens is 420 g/mol. The van der Waals surface area contributed by atoms with Gasteiger partial charge in [0.1, 0.15) is 5.75 Å². The van der Waals surface area contributed by atoms with Crippen LogP contribution in [0, 0.1) is 0 Å². The largest absolute Gasteiger partial charge is 0.484 e. The molecule has 140 valence electrons. The fourth-order valence-corrected chi connectivity index (χ4v) is 3.53. The first-order valence-electron chi connectivity index (χ1n) is 7.90. The zero-order valence-electron chi connectivity index (χ0n) is 14.8. The number of nitrogens with zero attached hydrogens (tertiary/aromatic N) is 1. The fourth-order valence-electron chi connectivity index (χ4n) is 2.21. The van der Waals surface area contributed by atoms with E-state index >= 15 is 0 Å². The topological polar surface area (TPSA) is 75.7 Å². The van der Waals surface area contributed by atoms with Crippen LogP contribution < -0.4 is 10.1 Å². The summed E-state index contributed by atoms with van der Waals surface area (Å²) in [7, 11) is -0.543. The van der Waals surface area contributed by atoms with Crippen LogP contribution in [0.3, 0.4) is 0 Å². The van der Waals surface area contributed by atoms with Gasteiger partial charge in [-0.2, -0.15) is 0 Å². The van der Waals surface area contributed by atoms with Crippen LogP contribution >= 0.6 is 15.9 Å². The highest BCUT2D eigenvalue weighted by Gasteiger charge is 2.17. The Balaban J connectivity index is 1.91. The molecule has 2 aromatic rings. The van der Waals surface area contributed by atoms with Crippen molar-refractivity contribution in [3.05, 3.63) is 58.6 Å². The number of nitrogens with one attached hydrogen (secondary N) is 1. The molecule has 0 saturated heterocycles. The van der Waals surface area contributed by atoms with Gasteiger partial charge in [-0.15, -0.1) is 0 Å². The Labute approximate surface area is 162 Å². The third-order valence-corrected chi connectivity index (χ3v) is 6.02. The van der Waals surface area contributed by atoms with Gasteiger partial charge in [0.25, 0.3) is 5.91 Å². The van der Waals surface area contributed by atoms with E-state index in [0.717, 1.165) is 14.3 Å². The van der Waals surface area contributed by atoms with Crippen molar-refractivity contribution < 1.29 is 17.9 Å². The molecule has 2 aromatic carbocycles. The van der Waals surface area contributed by atoms with Gasteiger partial charge >= 0.3 is 0 Å². The molecule has 1 amide bonds. The monoisotopic (exact) mass is 440 g/mol. The maximum atomic E-state index is 12.1. The minimum absolute atomic E-state index is 0.155. The number of carbonyl (C=O) groups is 1. The average molecular weight is 441 g/mol. The smallest absolute Gasteiger partial charge is 0.258 e. The van der Waals surface area contributed by atoms with Gasteiger partial charge in [0.05, 0.1) is 10.9 Å². The lowest BCUT2D eigenvalue weighted by Crippen LogP contribution is -2.31. The van der Waals surface area contributed by atoms with Crippen molar-refractivity contribution in [1.82, 2.24) is 9.62 Å². The first kappa shape index (κ1) is 20.4. The maximum absolute atomic E-state index is 12.1. The van der Waals surface area contributed by atoms with Gasteiger partial charge in [0.15, 0.2) is 6.61 Å². The summed E-state index contributed by atoms with van der Waals surface area (Å²) in [4.78, 5) is 12.2. The molecule has 2 rings (SSSR count). The van der Waals surface area contributed by atoms with Crippen LogP contribution in [0.15, 0.2) is 57.9 Å². The molecule has 0 aromatic heterocycles. The van der Waals surface area contributed by atoms with Gasteiger partial charge in [-0.1, -0.05) is 28.1 Å². The summed E-state index contributed by atoms with van der Waals surface area (Å²) in [5.41, 5.74) is 0.978. The molecule has 0 heterocycles. The predicted molar refractivity (Wildman–Crippen MR) is 104 cm³/mol. The van der Waals surface area contributed by atoms with Crippen molar-refractivity contribution in [2.24, 2.45) is 0 Å². The number of halogens is 1. The first-order valence-corrected chi connectivity index (χ1v) is 10.1. The number of amides is 1. The van der Waals surface area contributed by atoms with Crippen LogP contribution in [-0.2, 0) is 14.8 Å². The Bertz CT molecular complexity index is 867. The number of sulfonamides is 1. The molecule has 0 saturated carbocycles. The number of benzene rings is 2. The average Bonchev–Trinajstić information content (AvgIpc) is 2.60. The van der Waals surface area contributed by atoms with Crippen LogP contribution in [0.5, 0.6) is 5.75 Å². The number of hydrogen-bond acceptors (Lipinski definition) is 4. The molecule has 6 nitrogen and oxygen atoms in total. The normalized spacial score (nSPS) is 12.7. The Morgan fingerprint density at radius 3 is 2.42 bits per heavy atom. The second-order valence-electron chi connectivity index (χ2n) is 5.89. The van der Waals surface area contributed by atoms with E-state index in [1.54, 1.807) is 0 Å². The van der Waals surface area contributed by atoms with E-state index in [4.69, 9.17) is 4.74 Å². The number of hydrogen-bond donors (Lipinski definition) is 1. The molecule has 0 spiro atoms. The van der Waals surface area contributed by atoms with Gasteiger partial charge < -0.3 is 10.1 Å². The zero-order valence-corrected chi connectivity index (χ0v) is 17.2. The highest BCUT2D eigenvalue weighted by Crippen LogP contribution is 2.19. The molecule has 0 aliphatic rings. The van der Waals surface area contributed by atoms with Crippen molar-refractivity contribution in [1.29, 1.82) is 0 Å². The molecule has 0 unspecified atom stereocenters. The summed E-state index contributed by atoms with van der Waals surface area (Å²) in [6, 6.07) is 13.5. The minimum Gasteiger partial charge on any atom is -0.484 e. The van der Waals surface area contributed by atoms with Crippen molar-refractivity contribution >= 4 is 31.9 Å². The molecule has 0 aliphatic heterocycles. The summed E-state index contributed by atoms with van der Waals surface area (Å²) in [6.45, 7) is 1.73. The highest BCUT2D eigenvalue weighted by molar-refractivity contribution is 9.10. The van der Waals surface area contributed by atoms with E-state index in [1.165, 1.54) is 38.4 Å². The molecule has 0 fully saturated rings. The summed E-state index contributed by atoms with van der Waals surface area (Å²) in [5, 5.41) is 2.86. The number of rotatable bonds is 7. The highest BCUT2D eigenvalue weighted by atomic mass is 79.9. The van der Waals surface area contributed by atoms with Gasteiger partial charge in [-0.3, -0.25) is 4.79 Å². The van der Waals surface area contributed by atoms with E-state index in [-0.39, 0.29) is 23.5 Å². The molecule has 26 heavy (non-hydrogen) atoms. The fraction of sp³-hybridized carbons (Fsp3) is 0.278. The molecule has 0 bridgehead atoms. The van der Waals surface area contributed by atoms with E-state index in [9.17, 15) is 13.2 Å². The quantitative estimate of drug-likeness (QED) is 0.717. The zero-order chi connectivity index (χ0) is 19.3. The standard InChI is InChI=1S/C18H21BrN2O4S/c1-13(14-5-4-6-15(19)11-14)20-18(22)12-25-16-7-9-17(10-8-16)26(23,24)21(2)3/h4-11,13H,12H2,1-3H3,(H,20,22)/t13-/m0/s1. The Morgan fingerprint density at radius 1 is 1.19 bits per heavy atom. The summed E-state index contributed by atoms with van der Waals surface area (Å²) in [5.74, 6) is 0.162. The van der Waals surface area contributed by atoms with Gasteiger partial charge in [-0.05, 0) is 48.9 Å². The molecule has 0 radical (unpaired) electrons. The Morgan fingerprint density at radius 2 is 1.85 bits per heavy atom. The number of carbonyl (C=O) groups excluding carboxylic acids is 1. The predicted octanol–water partition coefficient (Wildman–Crippen LogP) is 2.96. The van der Waals surface area contributed by atoms with Crippen LogP contribution in [-0.4, -0.2) is 39.3 Å². The van der Waals surface area contributed by atoms with Crippen molar-refractivity contribution in [2.45, 2.75) is 17.9 Å². The van der Waals surface area contributed by atoms with E-state index in [0.29, 0.717) is 5.75 Å². The van der Waals surface area contributed by atoms with Crippen LogP contribution in [0.25, 0.3) is 0 Å². The van der Waals surface area contributed by atoms with Gasteiger partial charge in [0, 0.05) is 18.6 Å². The van der Waals surface area contributed by atoms with Crippen LogP contribution in [0.1, 0.15) is 18.5 Å². The van der Waals surface area contributed by atoms with Crippen molar-refractivity contribution in [2.75, 3.05) is 20.7 Å². The Hall–Kier alpha value is -1.90. The second kappa shape index (κ2) is 8.66. The van der Waals surface area contributed by atoms with Crippen LogP contribution in [0.4, 0.5) is 0 Å². The third kappa shape index (κ3) is 5.30. The lowest BCUT2D eigenvalue weighted by atomic mass is 10.1. The molecule has 1 atom stereocenters. The Kier molecular flexibility index (Phi) is 6.80. The summed E-state index contributed by atoms with van der Waals surface area (Å²) in [6.07, 6.45) is 0. The van der Waals surface area contributed by atoms with E-state index in [2.05, 4.69) is 21.2 Å². The molecule has 8 heteroatoms. The SMILES string of the molecule is C[C@H](NC(=O)COc1ccc(S(=O)(=O)N(C)C)cc1)c1cccc(Br)c1. The molecule has 0 aliphatic carbocycles. The minimum atomic E-state index is -3.48. The summed E-state index contributed by atoms with van der Waals surface area (Å²) >= 11 is 3.40. The van der Waals surface area contributed by atoms with E-state index in [1.807, 2.05) is 31.2 Å². The van der Waals surface area contributed by atoms with Crippen LogP contribution in [0.2, 0.25) is 0 Å². The molecular formula is C18H21BrN2O4S. The lowest BCUT2D eigenvalue weighted by molar-refractivity contribution is -0.123. The number of ether oxygens (including phenoxy) is 1. The third-order valence-electron chi connectivity index (χ3n) is 3.70. The lowest BCUT2D eigenvalue weighted by Gasteiger charge is -2.15. The van der Waals surface area contributed by atoms with Crippen molar-refractivity contribution in [3.63, 3.8) is 0 Å². The van der Waals surface area contributed by atoms with Gasteiger partial charge in [-0.25, -0.2) is 12.7 Å². The first-order chi connectivity index (χ1) is 12.2. The summed E-state index contributed by atoms with van der Waals surface area (Å²) < 4.78 is 31.5. The van der Waals surface area contributed by atoms with Crippen molar-refractivity contribution in [3.8, 4) is 5.75 Å².